The molecule has 0 unspecified atom stereocenters. The predicted molar refractivity (Wildman–Crippen MR) is 89.6 cm³/mol. The maximum absolute atomic E-state index is 5.48. The van der Waals surface area contributed by atoms with Gasteiger partial charge in [0.15, 0.2) is 0 Å². The number of benzene rings is 1. The minimum atomic E-state index is 0.829. The van der Waals surface area contributed by atoms with Gasteiger partial charge in [0.1, 0.15) is 5.75 Å². The highest BCUT2D eigenvalue weighted by atomic mass is 32.1. The molecule has 0 fully saturated rings. The summed E-state index contributed by atoms with van der Waals surface area (Å²) in [5.41, 5.74) is 0.935. The van der Waals surface area contributed by atoms with Gasteiger partial charge in [0, 0.05) is 16.2 Å². The molecule has 4 rings (SSSR count). The number of hydrogen-bond donors (Lipinski definition) is 1. The fourth-order valence-electron chi connectivity index (χ4n) is 2.54. The van der Waals surface area contributed by atoms with Gasteiger partial charge >= 0.3 is 0 Å². The van der Waals surface area contributed by atoms with E-state index in [0.717, 1.165) is 32.7 Å². The lowest BCUT2D eigenvalue weighted by molar-refractivity contribution is 0.412. The fourth-order valence-corrected chi connectivity index (χ4v) is 3.20. The third-order valence-electron chi connectivity index (χ3n) is 3.61. The highest BCUT2D eigenvalue weighted by Gasteiger charge is 2.05. The van der Waals surface area contributed by atoms with Gasteiger partial charge < -0.3 is 9.72 Å². The van der Waals surface area contributed by atoms with Gasteiger partial charge in [0.05, 0.1) is 28.9 Å². The molecule has 0 saturated heterocycles. The van der Waals surface area contributed by atoms with Crippen molar-refractivity contribution in [3.63, 3.8) is 0 Å². The van der Waals surface area contributed by atoms with Gasteiger partial charge in [-0.25, -0.2) is 4.99 Å². The van der Waals surface area contributed by atoms with Gasteiger partial charge in [-0.1, -0.05) is 24.3 Å². The molecule has 1 aromatic carbocycles. The van der Waals surface area contributed by atoms with Crippen LogP contribution in [0, 0.1) is 0 Å². The Morgan fingerprint density at radius 3 is 2.86 bits per heavy atom. The number of hydrogen-bond acceptors (Lipinski definition) is 3. The molecule has 0 aliphatic carbocycles. The largest absolute Gasteiger partial charge is 0.494 e. The minimum Gasteiger partial charge on any atom is -0.494 e. The van der Waals surface area contributed by atoms with Gasteiger partial charge in [-0.15, -0.1) is 11.3 Å². The van der Waals surface area contributed by atoms with Crippen LogP contribution >= 0.6 is 11.3 Å². The van der Waals surface area contributed by atoms with Crippen LogP contribution in [-0.2, 0) is 0 Å². The summed E-state index contributed by atoms with van der Waals surface area (Å²) in [6.45, 7) is 0. The van der Waals surface area contributed by atoms with Crippen molar-refractivity contribution in [2.24, 2.45) is 4.99 Å². The number of aromatic amines is 1. The smallest absolute Gasteiger partial charge is 0.144 e. The standard InChI is InChI=1S/C18H14N2OS/c1-21-18-11-16(20-17(18)10-13-6-4-8-22-13)15-9-12-5-2-3-7-14(12)19-15/h2-11,20H,1H3/b16-15?,17-10-. The SMILES string of the molecule is COc1cc(=C2C=c3ccccc3=N2)[nH]/c1=C\c1cccs1. The molecule has 4 heteroatoms. The first-order chi connectivity index (χ1) is 10.8. The third-order valence-corrected chi connectivity index (χ3v) is 4.43. The van der Waals surface area contributed by atoms with E-state index in [4.69, 9.17) is 4.74 Å². The Hall–Kier alpha value is -2.59. The number of thiophene rings is 1. The van der Waals surface area contributed by atoms with E-state index in [1.165, 1.54) is 4.88 Å². The van der Waals surface area contributed by atoms with E-state index in [-0.39, 0.29) is 0 Å². The van der Waals surface area contributed by atoms with Crippen molar-refractivity contribution >= 4 is 29.2 Å². The second-order valence-electron chi connectivity index (χ2n) is 5.03. The second kappa shape index (κ2) is 5.31. The van der Waals surface area contributed by atoms with Crippen LogP contribution < -0.4 is 26.0 Å². The van der Waals surface area contributed by atoms with Gasteiger partial charge in [-0.05, 0) is 29.7 Å². The van der Waals surface area contributed by atoms with Gasteiger partial charge in [-0.2, -0.15) is 0 Å². The monoisotopic (exact) mass is 306 g/mol. The van der Waals surface area contributed by atoms with E-state index in [0.29, 0.717) is 0 Å². The van der Waals surface area contributed by atoms with Crippen LogP contribution in [0.3, 0.4) is 0 Å². The molecule has 0 saturated carbocycles. The average molecular weight is 306 g/mol. The van der Waals surface area contributed by atoms with Crippen LogP contribution in [0.25, 0.3) is 17.8 Å². The molecule has 0 spiro atoms. The predicted octanol–water partition coefficient (Wildman–Crippen LogP) is 1.14. The molecule has 3 aromatic rings. The van der Waals surface area contributed by atoms with Gasteiger partial charge in [0.2, 0.25) is 0 Å². The van der Waals surface area contributed by atoms with Gasteiger partial charge in [0.25, 0.3) is 0 Å². The van der Waals surface area contributed by atoms with E-state index in [2.05, 4.69) is 39.6 Å². The van der Waals surface area contributed by atoms with Crippen LogP contribution in [-0.4, -0.2) is 12.1 Å². The summed E-state index contributed by atoms with van der Waals surface area (Å²) in [6.07, 6.45) is 4.19. The quantitative estimate of drug-likeness (QED) is 0.757. The van der Waals surface area contributed by atoms with E-state index in [9.17, 15) is 0 Å². The molecule has 0 bridgehead atoms. The number of fused-ring (bicyclic) bond motifs is 1. The Kier molecular flexibility index (Phi) is 3.16. The van der Waals surface area contributed by atoms with Crippen molar-refractivity contribution < 1.29 is 4.74 Å². The molecule has 0 amide bonds. The minimum absolute atomic E-state index is 0.829. The Bertz CT molecular complexity index is 1020. The van der Waals surface area contributed by atoms with E-state index >= 15 is 0 Å². The lowest BCUT2D eigenvalue weighted by atomic mass is 10.3. The van der Waals surface area contributed by atoms with Crippen molar-refractivity contribution in [3.8, 4) is 5.75 Å². The van der Waals surface area contributed by atoms with E-state index in [1.807, 2.05) is 30.3 Å². The lowest BCUT2D eigenvalue weighted by Gasteiger charge is -1.91. The summed E-state index contributed by atoms with van der Waals surface area (Å²) < 4.78 is 5.48. The molecular formula is C18H14N2OS. The number of ether oxygens (including phenoxy) is 1. The van der Waals surface area contributed by atoms with Crippen molar-refractivity contribution in [1.82, 2.24) is 4.98 Å². The van der Waals surface area contributed by atoms with E-state index in [1.54, 1.807) is 18.4 Å². The van der Waals surface area contributed by atoms with Crippen LogP contribution in [0.15, 0.2) is 52.8 Å². The summed E-state index contributed by atoms with van der Waals surface area (Å²) in [7, 11) is 1.69. The van der Waals surface area contributed by atoms with Crippen LogP contribution in [0.5, 0.6) is 5.75 Å². The van der Waals surface area contributed by atoms with Crippen molar-refractivity contribution in [2.45, 2.75) is 0 Å². The zero-order valence-electron chi connectivity index (χ0n) is 12.0. The third kappa shape index (κ3) is 2.27. The van der Waals surface area contributed by atoms with E-state index < -0.39 is 0 Å². The Balaban J connectivity index is 1.94. The highest BCUT2D eigenvalue weighted by molar-refractivity contribution is 7.10. The average Bonchev–Trinajstić information content (AvgIpc) is 3.26. The molecule has 0 atom stereocenters. The Morgan fingerprint density at radius 2 is 2.09 bits per heavy atom. The topological polar surface area (TPSA) is 37.4 Å². The van der Waals surface area contributed by atoms with Crippen LogP contribution in [0.4, 0.5) is 0 Å². The summed E-state index contributed by atoms with van der Waals surface area (Å²) in [6, 6.07) is 14.3. The first-order valence-corrected chi connectivity index (χ1v) is 7.89. The fraction of sp³-hybridized carbons (Fsp3) is 0.0556. The molecule has 22 heavy (non-hydrogen) atoms. The first kappa shape index (κ1) is 13.1. The number of aromatic nitrogens is 1. The number of nitrogens with one attached hydrogen (secondary N) is 1. The Labute approximate surface area is 131 Å². The number of methoxy groups -OCH3 is 1. The molecule has 108 valence electrons. The molecule has 1 aliphatic heterocycles. The molecule has 3 heterocycles. The second-order valence-corrected chi connectivity index (χ2v) is 6.00. The number of H-pyrrole nitrogens is 1. The maximum Gasteiger partial charge on any atom is 0.144 e. The van der Waals surface area contributed by atoms with Crippen molar-refractivity contribution in [2.75, 3.05) is 7.11 Å². The molecule has 1 aliphatic rings. The summed E-state index contributed by atoms with van der Waals surface area (Å²) >= 11 is 1.70. The Morgan fingerprint density at radius 1 is 1.18 bits per heavy atom. The van der Waals surface area contributed by atoms with Gasteiger partial charge in [-0.3, -0.25) is 0 Å². The zero-order valence-corrected chi connectivity index (χ0v) is 12.9. The lowest BCUT2D eigenvalue weighted by Crippen LogP contribution is -2.19. The summed E-state index contributed by atoms with van der Waals surface area (Å²) in [4.78, 5) is 9.27. The van der Waals surface area contributed by atoms with Crippen molar-refractivity contribution in [3.05, 3.63) is 74.0 Å². The summed E-state index contributed by atoms with van der Waals surface area (Å²) in [5, 5.41) is 6.15. The number of rotatable bonds is 2. The van der Waals surface area contributed by atoms with Crippen LogP contribution in [0.1, 0.15) is 4.88 Å². The first-order valence-electron chi connectivity index (χ1n) is 7.01. The number of nitrogens with zero attached hydrogens (tertiary/aromatic N) is 1. The maximum atomic E-state index is 5.48. The highest BCUT2D eigenvalue weighted by Crippen LogP contribution is 2.10. The molecule has 2 aromatic heterocycles. The molecular weight excluding hydrogens is 292 g/mol. The number of para-hydroxylation sites is 1. The normalized spacial score (nSPS) is 16.1. The zero-order chi connectivity index (χ0) is 14.9. The van der Waals surface area contributed by atoms with Crippen LogP contribution in [0.2, 0.25) is 0 Å². The molecule has 0 radical (unpaired) electrons. The van der Waals surface area contributed by atoms with Crippen molar-refractivity contribution in [1.29, 1.82) is 0 Å². The molecule has 1 N–H and O–H groups in total. The summed E-state index contributed by atoms with van der Waals surface area (Å²) in [5.74, 6) is 0.829. The molecule has 3 nitrogen and oxygen atoms in total.